The van der Waals surface area contributed by atoms with Crippen molar-refractivity contribution in [3.05, 3.63) is 80.6 Å². The molecule has 1 amide bonds. The van der Waals surface area contributed by atoms with Crippen LogP contribution in [0.15, 0.2) is 58.1 Å². The van der Waals surface area contributed by atoms with Crippen LogP contribution in [0.25, 0.3) is 5.69 Å². The van der Waals surface area contributed by atoms with Crippen molar-refractivity contribution >= 4 is 5.91 Å². The Bertz CT molecular complexity index is 1240. The van der Waals surface area contributed by atoms with Crippen molar-refractivity contribution in [1.82, 2.24) is 19.7 Å². The summed E-state index contributed by atoms with van der Waals surface area (Å²) in [5.41, 5.74) is -0.631. The van der Waals surface area contributed by atoms with E-state index in [4.69, 9.17) is 9.47 Å². The average molecular weight is 436 g/mol. The van der Waals surface area contributed by atoms with Gasteiger partial charge in [-0.3, -0.25) is 14.2 Å². The molecular weight excluding hydrogens is 412 g/mol. The zero-order valence-electron chi connectivity index (χ0n) is 17.9. The molecule has 0 spiro atoms. The molecule has 9 heteroatoms. The first-order valence-corrected chi connectivity index (χ1v) is 10.3. The lowest BCUT2D eigenvalue weighted by Gasteiger charge is -2.13. The van der Waals surface area contributed by atoms with E-state index >= 15 is 0 Å². The van der Waals surface area contributed by atoms with Crippen LogP contribution in [-0.4, -0.2) is 41.0 Å². The topological polar surface area (TPSA) is 104 Å². The number of ether oxygens (including phenoxy) is 2. The number of carbonyl (C=O) groups excluding carboxylic acids is 1. The number of rotatable bonds is 8. The van der Waals surface area contributed by atoms with E-state index in [1.165, 1.54) is 14.2 Å². The van der Waals surface area contributed by atoms with Crippen LogP contribution in [0.1, 0.15) is 28.9 Å². The molecule has 0 saturated heterocycles. The average Bonchev–Trinajstić information content (AvgIpc) is 3.65. The summed E-state index contributed by atoms with van der Waals surface area (Å²) in [7, 11) is 3.08. The van der Waals surface area contributed by atoms with E-state index in [1.807, 2.05) is 0 Å². The Balaban J connectivity index is 1.80. The van der Waals surface area contributed by atoms with E-state index in [1.54, 1.807) is 48.5 Å². The summed E-state index contributed by atoms with van der Waals surface area (Å²) < 4.78 is 12.5. The van der Waals surface area contributed by atoms with Crippen LogP contribution in [0.3, 0.4) is 0 Å². The number of hydrogen-bond donors (Lipinski definition) is 1. The molecule has 1 N–H and O–H groups in total. The second kappa shape index (κ2) is 9.09. The summed E-state index contributed by atoms with van der Waals surface area (Å²) >= 11 is 0. The molecule has 0 aliphatic heterocycles. The molecule has 0 radical (unpaired) electrons. The van der Waals surface area contributed by atoms with Crippen LogP contribution >= 0.6 is 0 Å². The Morgan fingerprint density at radius 1 is 1.06 bits per heavy atom. The van der Waals surface area contributed by atoms with Gasteiger partial charge in [0.15, 0.2) is 0 Å². The maximum absolute atomic E-state index is 13.2. The van der Waals surface area contributed by atoms with E-state index in [2.05, 4.69) is 10.4 Å². The maximum Gasteiger partial charge on any atom is 0.352 e. The SMILES string of the molecule is COc1ccc(-n2nc(C(=O)NCC3CC3)c(=O)n(Cc3cccc(OC)c3)c2=O)cc1. The fourth-order valence-corrected chi connectivity index (χ4v) is 3.28. The fourth-order valence-electron chi connectivity index (χ4n) is 3.28. The predicted molar refractivity (Wildman–Crippen MR) is 118 cm³/mol. The lowest BCUT2D eigenvalue weighted by Crippen LogP contribution is -2.46. The second-order valence-electron chi connectivity index (χ2n) is 7.64. The van der Waals surface area contributed by atoms with Gasteiger partial charge in [0.05, 0.1) is 26.5 Å². The van der Waals surface area contributed by atoms with Gasteiger partial charge in [-0.2, -0.15) is 9.78 Å². The zero-order chi connectivity index (χ0) is 22.7. The first-order valence-electron chi connectivity index (χ1n) is 10.3. The minimum atomic E-state index is -0.740. The summed E-state index contributed by atoms with van der Waals surface area (Å²) in [6.45, 7) is 0.452. The number of hydrogen-bond acceptors (Lipinski definition) is 6. The normalized spacial score (nSPS) is 12.9. The van der Waals surface area contributed by atoms with Gasteiger partial charge >= 0.3 is 5.69 Å². The van der Waals surface area contributed by atoms with Gasteiger partial charge in [0.25, 0.3) is 11.5 Å². The lowest BCUT2D eigenvalue weighted by atomic mass is 10.2. The largest absolute Gasteiger partial charge is 0.497 e. The first-order chi connectivity index (χ1) is 15.5. The van der Waals surface area contributed by atoms with E-state index in [9.17, 15) is 14.4 Å². The van der Waals surface area contributed by atoms with Gasteiger partial charge in [0.1, 0.15) is 11.5 Å². The van der Waals surface area contributed by atoms with Gasteiger partial charge in [0, 0.05) is 6.54 Å². The van der Waals surface area contributed by atoms with Crippen LogP contribution in [0.5, 0.6) is 11.5 Å². The summed E-state index contributed by atoms with van der Waals surface area (Å²) in [5, 5.41) is 6.88. The van der Waals surface area contributed by atoms with Gasteiger partial charge in [-0.15, -0.1) is 0 Å². The highest BCUT2D eigenvalue weighted by atomic mass is 16.5. The third-order valence-corrected chi connectivity index (χ3v) is 5.31. The molecular formula is C23H24N4O5. The molecule has 1 fully saturated rings. The molecule has 9 nitrogen and oxygen atoms in total. The van der Waals surface area contributed by atoms with Crippen molar-refractivity contribution in [2.24, 2.45) is 5.92 Å². The molecule has 3 aromatic rings. The van der Waals surface area contributed by atoms with Crippen molar-refractivity contribution in [2.45, 2.75) is 19.4 Å². The van der Waals surface area contributed by atoms with E-state index in [0.29, 0.717) is 35.2 Å². The van der Waals surface area contributed by atoms with Crippen molar-refractivity contribution in [3.8, 4) is 17.2 Å². The lowest BCUT2D eigenvalue weighted by molar-refractivity contribution is 0.0942. The van der Waals surface area contributed by atoms with Gasteiger partial charge in [0.2, 0.25) is 5.69 Å². The highest BCUT2D eigenvalue weighted by Gasteiger charge is 2.25. The Morgan fingerprint density at radius 2 is 1.78 bits per heavy atom. The minimum absolute atomic E-state index is 0.0313. The van der Waals surface area contributed by atoms with Gasteiger partial charge in [-0.1, -0.05) is 12.1 Å². The van der Waals surface area contributed by atoms with E-state index in [-0.39, 0.29) is 12.2 Å². The molecule has 1 aromatic heterocycles. The molecule has 1 aliphatic carbocycles. The minimum Gasteiger partial charge on any atom is -0.497 e. The fraction of sp³-hybridized carbons (Fsp3) is 0.304. The van der Waals surface area contributed by atoms with Crippen molar-refractivity contribution in [1.29, 1.82) is 0 Å². The maximum atomic E-state index is 13.2. The number of amides is 1. The molecule has 32 heavy (non-hydrogen) atoms. The second-order valence-corrected chi connectivity index (χ2v) is 7.64. The smallest absolute Gasteiger partial charge is 0.352 e. The molecule has 4 rings (SSSR count). The number of nitrogens with zero attached hydrogens (tertiary/aromatic N) is 3. The number of aromatic nitrogens is 3. The molecule has 0 atom stereocenters. The van der Waals surface area contributed by atoms with Crippen LogP contribution in [0.4, 0.5) is 0 Å². The number of methoxy groups -OCH3 is 2. The zero-order valence-corrected chi connectivity index (χ0v) is 17.9. The Kier molecular flexibility index (Phi) is 6.07. The summed E-state index contributed by atoms with van der Waals surface area (Å²) in [4.78, 5) is 39.1. The van der Waals surface area contributed by atoms with Crippen LogP contribution < -0.4 is 26.0 Å². The Labute approximate surface area is 184 Å². The van der Waals surface area contributed by atoms with Crippen molar-refractivity contribution in [2.75, 3.05) is 20.8 Å². The number of nitrogens with one attached hydrogen (secondary N) is 1. The molecule has 2 aromatic carbocycles. The van der Waals surface area contributed by atoms with Gasteiger partial charge in [-0.05, 0) is 60.7 Å². The highest BCUT2D eigenvalue weighted by Crippen LogP contribution is 2.27. The van der Waals surface area contributed by atoms with E-state index in [0.717, 1.165) is 22.1 Å². The van der Waals surface area contributed by atoms with Gasteiger partial charge < -0.3 is 14.8 Å². The van der Waals surface area contributed by atoms with Crippen LogP contribution in [-0.2, 0) is 6.54 Å². The standard InChI is InChI=1S/C23H24N4O5/c1-31-18-10-8-17(9-11-18)27-23(30)26(14-16-4-3-5-19(12-16)32-2)22(29)20(25-27)21(28)24-13-15-6-7-15/h3-5,8-12,15H,6-7,13-14H2,1-2H3,(H,24,28). The van der Waals surface area contributed by atoms with Crippen molar-refractivity contribution < 1.29 is 14.3 Å². The third-order valence-electron chi connectivity index (χ3n) is 5.31. The van der Waals surface area contributed by atoms with Crippen molar-refractivity contribution in [3.63, 3.8) is 0 Å². The Hall–Kier alpha value is -3.88. The Morgan fingerprint density at radius 3 is 2.44 bits per heavy atom. The van der Waals surface area contributed by atoms with Crippen LogP contribution in [0.2, 0.25) is 0 Å². The van der Waals surface area contributed by atoms with E-state index < -0.39 is 17.2 Å². The summed E-state index contributed by atoms with van der Waals surface area (Å²) in [5.74, 6) is 1.05. The van der Waals surface area contributed by atoms with Gasteiger partial charge in [-0.25, -0.2) is 4.79 Å². The molecule has 1 aliphatic rings. The van der Waals surface area contributed by atoms with Crippen LogP contribution in [0, 0.1) is 5.92 Å². The third kappa shape index (κ3) is 4.56. The molecule has 1 heterocycles. The molecule has 0 unspecified atom stereocenters. The summed E-state index contributed by atoms with van der Waals surface area (Å²) in [6.07, 6.45) is 2.11. The summed E-state index contributed by atoms with van der Waals surface area (Å²) in [6, 6.07) is 13.7. The monoisotopic (exact) mass is 436 g/mol. The quantitative estimate of drug-likeness (QED) is 0.575. The highest BCUT2D eigenvalue weighted by molar-refractivity contribution is 5.91. The molecule has 0 bridgehead atoms. The molecule has 166 valence electrons. The molecule has 1 saturated carbocycles. The predicted octanol–water partition coefficient (Wildman–Crippen LogP) is 1.60. The first kappa shape index (κ1) is 21.4. The number of benzene rings is 2. The number of carbonyl (C=O) groups is 1.